The zero-order chi connectivity index (χ0) is 15.5. The summed E-state index contributed by atoms with van der Waals surface area (Å²) in [7, 11) is 0. The van der Waals surface area contributed by atoms with Crippen molar-refractivity contribution in [3.63, 3.8) is 0 Å². The Bertz CT molecular complexity index is 490. The van der Waals surface area contributed by atoms with Crippen molar-refractivity contribution < 1.29 is 10.2 Å². The van der Waals surface area contributed by atoms with E-state index in [0.29, 0.717) is 18.9 Å². The minimum absolute atomic E-state index is 0. The molecule has 0 aromatic carbocycles. The molecule has 7 heteroatoms. The lowest BCUT2D eigenvalue weighted by molar-refractivity contribution is 0.0984. The van der Waals surface area contributed by atoms with Crippen LogP contribution in [-0.2, 0) is 6.54 Å². The molecule has 0 aliphatic heterocycles. The second-order valence-electron chi connectivity index (χ2n) is 6.85. The summed E-state index contributed by atoms with van der Waals surface area (Å²) in [4.78, 5) is 4.86. The molecule has 1 heterocycles. The van der Waals surface area contributed by atoms with E-state index in [4.69, 9.17) is 20.9 Å². The fourth-order valence-electron chi connectivity index (χ4n) is 3.84. The summed E-state index contributed by atoms with van der Waals surface area (Å²) >= 11 is 0. The average Bonchev–Trinajstić information content (AvgIpc) is 3.16. The Hall–Kier alpha value is -0.690. The van der Waals surface area contributed by atoms with Crippen molar-refractivity contribution in [2.75, 3.05) is 6.61 Å². The Labute approximate surface area is 143 Å². The van der Waals surface area contributed by atoms with Crippen LogP contribution in [0.4, 0.5) is 0 Å². The summed E-state index contributed by atoms with van der Waals surface area (Å²) in [5, 5.41) is 23.7. The largest absolute Gasteiger partial charge is 0.396 e. The topological polar surface area (TPSA) is 97.2 Å². The standard InChI is InChI=1S/C16H28N4O2.ClH/c17-13-10-12(6-7-14(13)22)16-18-15(11-4-1-2-5-11)19-20(16)8-3-9-21;/h11-14,21-22H,1-10,17H2;1H/t12-,13+,14+;/m0./s1. The highest BCUT2D eigenvalue weighted by molar-refractivity contribution is 5.85. The van der Waals surface area contributed by atoms with Gasteiger partial charge in [0.1, 0.15) is 5.82 Å². The molecule has 0 spiro atoms. The molecule has 4 N–H and O–H groups in total. The quantitative estimate of drug-likeness (QED) is 0.755. The van der Waals surface area contributed by atoms with Gasteiger partial charge in [0, 0.05) is 31.0 Å². The van der Waals surface area contributed by atoms with Crippen molar-refractivity contribution in [1.82, 2.24) is 14.8 Å². The van der Waals surface area contributed by atoms with E-state index in [-0.39, 0.29) is 37.1 Å². The van der Waals surface area contributed by atoms with E-state index in [9.17, 15) is 5.11 Å². The number of hydrogen-bond acceptors (Lipinski definition) is 5. The zero-order valence-corrected chi connectivity index (χ0v) is 14.4. The predicted octanol–water partition coefficient (Wildman–Crippen LogP) is 1.70. The Kier molecular flexibility index (Phi) is 6.83. The Morgan fingerprint density at radius 2 is 1.87 bits per heavy atom. The van der Waals surface area contributed by atoms with Crippen LogP contribution in [0.5, 0.6) is 0 Å². The first kappa shape index (κ1) is 18.6. The van der Waals surface area contributed by atoms with Gasteiger partial charge in [0.25, 0.3) is 0 Å². The smallest absolute Gasteiger partial charge is 0.154 e. The molecule has 2 saturated carbocycles. The van der Waals surface area contributed by atoms with Gasteiger partial charge in [-0.3, -0.25) is 0 Å². The van der Waals surface area contributed by atoms with Gasteiger partial charge < -0.3 is 15.9 Å². The minimum Gasteiger partial charge on any atom is -0.396 e. The van der Waals surface area contributed by atoms with Crippen molar-refractivity contribution in [3.8, 4) is 0 Å². The first-order valence-corrected chi connectivity index (χ1v) is 8.68. The minimum atomic E-state index is -0.389. The molecule has 2 aliphatic carbocycles. The third-order valence-corrected chi connectivity index (χ3v) is 5.19. The maximum atomic E-state index is 9.83. The number of rotatable bonds is 5. The van der Waals surface area contributed by atoms with E-state index in [1.54, 1.807) is 0 Å². The van der Waals surface area contributed by atoms with Crippen LogP contribution in [0, 0.1) is 0 Å². The van der Waals surface area contributed by atoms with E-state index >= 15 is 0 Å². The normalized spacial score (nSPS) is 28.7. The maximum absolute atomic E-state index is 9.83. The lowest BCUT2D eigenvalue weighted by Crippen LogP contribution is -2.40. The number of nitrogens with two attached hydrogens (primary N) is 1. The number of hydrogen-bond donors (Lipinski definition) is 3. The highest BCUT2D eigenvalue weighted by Gasteiger charge is 2.32. The van der Waals surface area contributed by atoms with Gasteiger partial charge in [-0.1, -0.05) is 12.8 Å². The predicted molar refractivity (Wildman–Crippen MR) is 90.8 cm³/mol. The van der Waals surface area contributed by atoms with Gasteiger partial charge in [-0.05, 0) is 38.5 Å². The monoisotopic (exact) mass is 344 g/mol. The number of aliphatic hydroxyl groups excluding tert-OH is 2. The molecule has 0 amide bonds. The number of halogens is 1. The zero-order valence-electron chi connectivity index (χ0n) is 13.6. The summed E-state index contributed by atoms with van der Waals surface area (Å²) in [6, 6.07) is -0.170. The van der Waals surface area contributed by atoms with Crippen LogP contribution in [0.1, 0.15) is 74.9 Å². The van der Waals surface area contributed by atoms with Crippen LogP contribution in [0.15, 0.2) is 0 Å². The van der Waals surface area contributed by atoms with Gasteiger partial charge in [-0.2, -0.15) is 5.10 Å². The molecule has 1 aromatic heterocycles. The van der Waals surface area contributed by atoms with Gasteiger partial charge in [0.2, 0.25) is 0 Å². The number of aryl methyl sites for hydroxylation is 1. The lowest BCUT2D eigenvalue weighted by Gasteiger charge is -2.30. The summed E-state index contributed by atoms with van der Waals surface area (Å²) in [5.41, 5.74) is 6.04. The van der Waals surface area contributed by atoms with Gasteiger partial charge in [0.05, 0.1) is 6.10 Å². The molecule has 6 nitrogen and oxygen atoms in total. The highest BCUT2D eigenvalue weighted by Crippen LogP contribution is 2.35. The van der Waals surface area contributed by atoms with Crippen molar-refractivity contribution in [1.29, 1.82) is 0 Å². The molecule has 3 atom stereocenters. The van der Waals surface area contributed by atoms with Crippen LogP contribution in [0.3, 0.4) is 0 Å². The maximum Gasteiger partial charge on any atom is 0.154 e. The molecule has 0 saturated heterocycles. The van der Waals surface area contributed by atoms with E-state index in [0.717, 1.165) is 30.9 Å². The molecule has 2 fully saturated rings. The fourth-order valence-corrected chi connectivity index (χ4v) is 3.84. The highest BCUT2D eigenvalue weighted by atomic mass is 35.5. The number of aromatic nitrogens is 3. The van der Waals surface area contributed by atoms with E-state index < -0.39 is 0 Å². The first-order valence-electron chi connectivity index (χ1n) is 8.68. The Morgan fingerprint density at radius 1 is 1.13 bits per heavy atom. The molecule has 2 aliphatic rings. The van der Waals surface area contributed by atoms with Crippen LogP contribution in [0.2, 0.25) is 0 Å². The first-order chi connectivity index (χ1) is 10.7. The van der Waals surface area contributed by atoms with E-state index in [2.05, 4.69) is 0 Å². The van der Waals surface area contributed by atoms with Gasteiger partial charge in [-0.25, -0.2) is 9.67 Å². The van der Waals surface area contributed by atoms with Crippen LogP contribution in [0.25, 0.3) is 0 Å². The molecule has 3 rings (SSSR count). The number of nitrogens with zero attached hydrogens (tertiary/aromatic N) is 3. The SMILES string of the molecule is Cl.N[C@@H]1C[C@@H](c2nc(C3CCCC3)nn2CCCO)CC[C@H]1O. The van der Waals surface area contributed by atoms with Crippen molar-refractivity contribution in [2.24, 2.45) is 5.73 Å². The second-order valence-corrected chi connectivity index (χ2v) is 6.85. The molecule has 0 bridgehead atoms. The third-order valence-electron chi connectivity index (χ3n) is 5.19. The average molecular weight is 345 g/mol. The molecule has 1 aromatic rings. The van der Waals surface area contributed by atoms with E-state index in [1.165, 1.54) is 25.7 Å². The molecular weight excluding hydrogens is 316 g/mol. The van der Waals surface area contributed by atoms with Gasteiger partial charge in [-0.15, -0.1) is 12.4 Å². The number of aliphatic hydroxyl groups is 2. The van der Waals surface area contributed by atoms with Gasteiger partial charge in [0.15, 0.2) is 5.82 Å². The second kappa shape index (κ2) is 8.42. The molecule has 0 unspecified atom stereocenters. The van der Waals surface area contributed by atoms with Crippen molar-refractivity contribution in [3.05, 3.63) is 11.6 Å². The molecular formula is C16H29ClN4O2. The Balaban J connectivity index is 0.00000192. The molecule has 0 radical (unpaired) electrons. The van der Waals surface area contributed by atoms with Crippen LogP contribution >= 0.6 is 12.4 Å². The summed E-state index contributed by atoms with van der Waals surface area (Å²) in [5.74, 6) is 2.76. The van der Waals surface area contributed by atoms with E-state index in [1.807, 2.05) is 4.68 Å². The van der Waals surface area contributed by atoms with Crippen molar-refractivity contribution in [2.45, 2.75) is 81.9 Å². The third kappa shape index (κ3) is 4.24. The summed E-state index contributed by atoms with van der Waals surface area (Å²) < 4.78 is 1.99. The Morgan fingerprint density at radius 3 is 2.52 bits per heavy atom. The fraction of sp³-hybridized carbons (Fsp3) is 0.875. The van der Waals surface area contributed by atoms with Crippen LogP contribution < -0.4 is 5.73 Å². The van der Waals surface area contributed by atoms with Crippen LogP contribution in [-0.4, -0.2) is 43.7 Å². The van der Waals surface area contributed by atoms with Crippen molar-refractivity contribution >= 4 is 12.4 Å². The summed E-state index contributed by atoms with van der Waals surface area (Å²) in [6.45, 7) is 0.876. The lowest BCUT2D eigenvalue weighted by atomic mass is 9.83. The van der Waals surface area contributed by atoms with Gasteiger partial charge >= 0.3 is 0 Å². The molecule has 23 heavy (non-hydrogen) atoms. The molecule has 132 valence electrons. The summed E-state index contributed by atoms with van der Waals surface area (Å²) in [6.07, 6.45) is 7.63.